The van der Waals surface area contributed by atoms with Crippen LogP contribution in [0.15, 0.2) is 65.1 Å². The molecule has 4 rings (SSSR count). The monoisotopic (exact) mass is 446 g/mol. The van der Waals surface area contributed by atoms with Crippen molar-refractivity contribution < 1.29 is 19.2 Å². The van der Waals surface area contributed by atoms with Crippen LogP contribution in [0.4, 0.5) is 11.4 Å². The Morgan fingerprint density at radius 1 is 1.12 bits per heavy atom. The number of carbonyl (C=O) groups excluding carboxylic acids is 1. The molecule has 1 aliphatic heterocycles. The standard InChI is InChI=1S/C24H22N4O5/c1-32-20-11-6-14(12-21(20)33-2)22-17(13-25)24(26)27(18-4-3-5-19(29)23(18)22)15-7-9-16(10-8-15)28(30)31/h6-12,22H,3-5,26H2,1-2H3/t22-/m0/s1. The Labute approximate surface area is 190 Å². The summed E-state index contributed by atoms with van der Waals surface area (Å²) in [6, 6.07) is 13.4. The topological polar surface area (TPSA) is 132 Å². The molecule has 33 heavy (non-hydrogen) atoms. The summed E-state index contributed by atoms with van der Waals surface area (Å²) in [7, 11) is 3.05. The van der Waals surface area contributed by atoms with Gasteiger partial charge in [-0.2, -0.15) is 5.26 Å². The van der Waals surface area contributed by atoms with Crippen molar-refractivity contribution in [1.82, 2.24) is 0 Å². The molecule has 0 unspecified atom stereocenters. The number of nitrogens with two attached hydrogens (primary N) is 1. The van der Waals surface area contributed by atoms with Gasteiger partial charge in [0.1, 0.15) is 5.82 Å². The summed E-state index contributed by atoms with van der Waals surface area (Å²) in [5, 5.41) is 21.1. The molecule has 0 spiro atoms. The Morgan fingerprint density at radius 3 is 2.42 bits per heavy atom. The molecule has 9 nitrogen and oxygen atoms in total. The fourth-order valence-electron chi connectivity index (χ4n) is 4.47. The van der Waals surface area contributed by atoms with Gasteiger partial charge in [-0.25, -0.2) is 0 Å². The van der Waals surface area contributed by atoms with Gasteiger partial charge in [-0.1, -0.05) is 6.07 Å². The minimum atomic E-state index is -0.646. The molecule has 0 bridgehead atoms. The van der Waals surface area contributed by atoms with Gasteiger partial charge < -0.3 is 15.2 Å². The number of nitro benzene ring substituents is 1. The van der Waals surface area contributed by atoms with Crippen molar-refractivity contribution in [3.63, 3.8) is 0 Å². The van der Waals surface area contributed by atoms with Crippen LogP contribution in [-0.2, 0) is 4.79 Å². The summed E-state index contributed by atoms with van der Waals surface area (Å²) in [6.45, 7) is 0. The van der Waals surface area contributed by atoms with Crippen LogP contribution < -0.4 is 20.1 Å². The summed E-state index contributed by atoms with van der Waals surface area (Å²) in [5.41, 5.74) is 9.15. The summed E-state index contributed by atoms with van der Waals surface area (Å²) in [6.07, 6.45) is 1.60. The third-order valence-electron chi connectivity index (χ3n) is 5.97. The zero-order valence-corrected chi connectivity index (χ0v) is 18.2. The number of rotatable bonds is 5. The first-order chi connectivity index (χ1) is 15.9. The molecular weight excluding hydrogens is 424 g/mol. The van der Waals surface area contributed by atoms with Crippen LogP contribution in [0.3, 0.4) is 0 Å². The van der Waals surface area contributed by atoms with E-state index in [1.54, 1.807) is 35.2 Å². The Bertz CT molecular complexity index is 1240. The first-order valence-electron chi connectivity index (χ1n) is 10.3. The number of hydrogen-bond donors (Lipinski definition) is 1. The number of anilines is 1. The van der Waals surface area contributed by atoms with Crippen LogP contribution in [0.2, 0.25) is 0 Å². The van der Waals surface area contributed by atoms with E-state index in [1.165, 1.54) is 26.4 Å². The molecule has 2 aromatic rings. The van der Waals surface area contributed by atoms with Crippen molar-refractivity contribution in [2.24, 2.45) is 5.73 Å². The smallest absolute Gasteiger partial charge is 0.269 e. The molecule has 1 atom stereocenters. The SMILES string of the molecule is COc1ccc([C@H]2C(C#N)=C(N)N(c3ccc([N+](=O)[O-])cc3)C3=C2C(=O)CCC3)cc1OC. The summed E-state index contributed by atoms with van der Waals surface area (Å²) in [4.78, 5) is 25.4. The second-order valence-electron chi connectivity index (χ2n) is 7.70. The predicted octanol–water partition coefficient (Wildman–Crippen LogP) is 3.92. The lowest BCUT2D eigenvalue weighted by molar-refractivity contribution is -0.384. The molecule has 0 radical (unpaired) electrons. The van der Waals surface area contributed by atoms with Crippen LogP contribution in [0.1, 0.15) is 30.7 Å². The fraction of sp³-hybridized carbons (Fsp3) is 0.250. The number of nitriles is 1. The third-order valence-corrected chi connectivity index (χ3v) is 5.97. The van der Waals surface area contributed by atoms with Gasteiger partial charge in [-0.05, 0) is 42.7 Å². The van der Waals surface area contributed by atoms with E-state index in [1.807, 2.05) is 0 Å². The number of non-ortho nitro benzene ring substituents is 1. The molecule has 9 heteroatoms. The number of ketones is 1. The molecule has 2 N–H and O–H groups in total. The van der Waals surface area contributed by atoms with Crippen LogP contribution in [0, 0.1) is 21.4 Å². The summed E-state index contributed by atoms with van der Waals surface area (Å²) < 4.78 is 10.7. The van der Waals surface area contributed by atoms with Crippen molar-refractivity contribution in [3.05, 3.63) is 80.8 Å². The molecule has 2 aromatic carbocycles. The molecule has 2 aliphatic rings. The molecule has 1 aliphatic carbocycles. The normalized spacial score (nSPS) is 18.0. The number of ether oxygens (including phenoxy) is 2. The van der Waals surface area contributed by atoms with Gasteiger partial charge in [0.15, 0.2) is 17.3 Å². The van der Waals surface area contributed by atoms with E-state index in [2.05, 4.69) is 6.07 Å². The zero-order valence-electron chi connectivity index (χ0n) is 18.2. The molecular formula is C24H22N4O5. The quantitative estimate of drug-likeness (QED) is 0.540. The first-order valence-corrected chi connectivity index (χ1v) is 10.3. The van der Waals surface area contributed by atoms with Crippen molar-refractivity contribution in [3.8, 4) is 17.6 Å². The van der Waals surface area contributed by atoms with Gasteiger partial charge in [0.2, 0.25) is 0 Å². The van der Waals surface area contributed by atoms with Crippen molar-refractivity contribution >= 4 is 17.2 Å². The number of carbonyl (C=O) groups is 1. The highest BCUT2D eigenvalue weighted by Crippen LogP contribution is 2.47. The van der Waals surface area contributed by atoms with Gasteiger partial charge in [0, 0.05) is 35.5 Å². The molecule has 168 valence electrons. The van der Waals surface area contributed by atoms with Gasteiger partial charge in [0.25, 0.3) is 5.69 Å². The number of nitro groups is 1. The Balaban J connectivity index is 1.92. The van der Waals surface area contributed by atoms with E-state index < -0.39 is 10.8 Å². The van der Waals surface area contributed by atoms with Gasteiger partial charge in [-0.15, -0.1) is 0 Å². The largest absolute Gasteiger partial charge is 0.493 e. The molecule has 0 fully saturated rings. The maximum atomic E-state index is 13.2. The highest BCUT2D eigenvalue weighted by atomic mass is 16.6. The number of Topliss-reactive ketones (excluding diaryl/α,β-unsaturated/α-hetero) is 1. The van der Waals surface area contributed by atoms with Gasteiger partial charge >= 0.3 is 0 Å². The Morgan fingerprint density at radius 2 is 1.82 bits per heavy atom. The van der Waals surface area contributed by atoms with Crippen LogP contribution >= 0.6 is 0 Å². The second-order valence-corrected chi connectivity index (χ2v) is 7.70. The van der Waals surface area contributed by atoms with Crippen LogP contribution in [0.25, 0.3) is 0 Å². The van der Waals surface area contributed by atoms with Gasteiger partial charge in [-0.3, -0.25) is 19.8 Å². The Kier molecular flexibility index (Phi) is 5.75. The minimum absolute atomic E-state index is 0.0526. The van der Waals surface area contributed by atoms with E-state index in [9.17, 15) is 20.2 Å². The maximum absolute atomic E-state index is 13.2. The van der Waals surface area contributed by atoms with E-state index in [-0.39, 0.29) is 22.9 Å². The van der Waals surface area contributed by atoms with Gasteiger partial charge in [0.05, 0.1) is 36.7 Å². The lowest BCUT2D eigenvalue weighted by Gasteiger charge is -2.39. The zero-order chi connectivity index (χ0) is 23.7. The summed E-state index contributed by atoms with van der Waals surface area (Å²) >= 11 is 0. The van der Waals surface area contributed by atoms with Crippen molar-refractivity contribution in [1.29, 1.82) is 5.26 Å². The molecule has 0 aromatic heterocycles. The van der Waals surface area contributed by atoms with Crippen molar-refractivity contribution in [2.75, 3.05) is 19.1 Å². The number of hydrogen-bond acceptors (Lipinski definition) is 8. The van der Waals surface area contributed by atoms with E-state index in [0.29, 0.717) is 53.3 Å². The van der Waals surface area contributed by atoms with Crippen LogP contribution in [0.5, 0.6) is 11.5 Å². The number of benzene rings is 2. The number of allylic oxidation sites excluding steroid dienone is 3. The van der Waals surface area contributed by atoms with Crippen molar-refractivity contribution in [2.45, 2.75) is 25.2 Å². The minimum Gasteiger partial charge on any atom is -0.493 e. The average molecular weight is 446 g/mol. The summed E-state index contributed by atoms with van der Waals surface area (Å²) in [5.74, 6) is 0.507. The number of methoxy groups -OCH3 is 2. The van der Waals surface area contributed by atoms with E-state index >= 15 is 0 Å². The highest BCUT2D eigenvalue weighted by Gasteiger charge is 2.40. The first kappa shape index (κ1) is 21.9. The predicted molar refractivity (Wildman–Crippen MR) is 121 cm³/mol. The molecule has 0 amide bonds. The number of nitrogens with zero attached hydrogens (tertiary/aromatic N) is 3. The fourth-order valence-corrected chi connectivity index (χ4v) is 4.47. The van der Waals surface area contributed by atoms with E-state index in [0.717, 1.165) is 0 Å². The molecule has 0 saturated heterocycles. The third kappa shape index (κ3) is 3.65. The average Bonchev–Trinajstić information content (AvgIpc) is 2.83. The second kappa shape index (κ2) is 8.67. The molecule has 1 heterocycles. The van der Waals surface area contributed by atoms with Crippen LogP contribution in [-0.4, -0.2) is 24.9 Å². The molecule has 0 saturated carbocycles. The highest BCUT2D eigenvalue weighted by molar-refractivity contribution is 6.01. The lowest BCUT2D eigenvalue weighted by Crippen LogP contribution is -2.38. The lowest BCUT2D eigenvalue weighted by atomic mass is 9.75. The van der Waals surface area contributed by atoms with E-state index in [4.69, 9.17) is 15.2 Å². The Hall–Kier alpha value is -4.32. The maximum Gasteiger partial charge on any atom is 0.269 e.